The molecule has 1 saturated heterocycles. The lowest BCUT2D eigenvalue weighted by molar-refractivity contribution is 0.138. The Balaban J connectivity index is 2.16. The van der Waals surface area contributed by atoms with Gasteiger partial charge in [0.1, 0.15) is 16.9 Å². The van der Waals surface area contributed by atoms with Crippen molar-refractivity contribution in [1.82, 2.24) is 4.98 Å². The van der Waals surface area contributed by atoms with Crippen molar-refractivity contribution in [3.63, 3.8) is 0 Å². The molecule has 94 valence electrons. The van der Waals surface area contributed by atoms with Crippen LogP contribution in [0.4, 0.5) is 5.82 Å². The molecule has 2 rings (SSSR count). The molecule has 2 heterocycles. The lowest BCUT2D eigenvalue weighted by Gasteiger charge is -2.14. The molecule has 0 aromatic carbocycles. The van der Waals surface area contributed by atoms with Crippen LogP contribution in [-0.4, -0.2) is 30.8 Å². The third kappa shape index (κ3) is 3.15. The molecule has 1 unspecified atom stereocenters. The van der Waals surface area contributed by atoms with Crippen molar-refractivity contribution in [3.8, 4) is 5.88 Å². The molecule has 17 heavy (non-hydrogen) atoms. The summed E-state index contributed by atoms with van der Waals surface area (Å²) in [5, 5.41) is 3.97. The highest BCUT2D eigenvalue weighted by molar-refractivity contribution is 6.36. The van der Waals surface area contributed by atoms with E-state index in [0.717, 1.165) is 19.6 Å². The molecule has 6 heteroatoms. The molecule has 0 aliphatic carbocycles. The zero-order chi connectivity index (χ0) is 12.3. The number of halogens is 2. The zero-order valence-corrected chi connectivity index (χ0v) is 11.0. The average Bonchev–Trinajstić information content (AvgIpc) is 2.78. The number of nitrogens with one attached hydrogen (secondary N) is 1. The Morgan fingerprint density at radius 1 is 1.53 bits per heavy atom. The first-order valence-electron chi connectivity index (χ1n) is 5.55. The largest absolute Gasteiger partial charge is 0.471 e. The van der Waals surface area contributed by atoms with Crippen molar-refractivity contribution in [2.75, 3.05) is 25.1 Å². The Bertz CT molecular complexity index is 395. The Kier molecular flexibility index (Phi) is 4.31. The van der Waals surface area contributed by atoms with Crippen LogP contribution >= 0.6 is 23.2 Å². The van der Waals surface area contributed by atoms with Gasteiger partial charge in [-0.2, -0.15) is 4.98 Å². The first kappa shape index (κ1) is 12.7. The summed E-state index contributed by atoms with van der Waals surface area (Å²) in [4.78, 5) is 4.27. The monoisotopic (exact) mass is 276 g/mol. The zero-order valence-electron chi connectivity index (χ0n) is 9.50. The number of pyridine rings is 1. The summed E-state index contributed by atoms with van der Waals surface area (Å²) in [5.41, 5.74) is 0. The number of aromatic nitrogens is 1. The van der Waals surface area contributed by atoms with Crippen molar-refractivity contribution in [2.45, 2.75) is 19.4 Å². The summed E-state index contributed by atoms with van der Waals surface area (Å²) in [6.45, 7) is 4.01. The first-order valence-corrected chi connectivity index (χ1v) is 6.30. The Morgan fingerprint density at radius 2 is 2.35 bits per heavy atom. The fourth-order valence-corrected chi connectivity index (χ4v) is 2.06. The highest BCUT2D eigenvalue weighted by atomic mass is 35.5. The molecule has 0 spiro atoms. The van der Waals surface area contributed by atoms with Crippen molar-refractivity contribution >= 4 is 29.0 Å². The van der Waals surface area contributed by atoms with E-state index in [2.05, 4.69) is 10.3 Å². The molecule has 1 aromatic heterocycles. The summed E-state index contributed by atoms with van der Waals surface area (Å²) in [7, 11) is 0. The second-order valence-corrected chi connectivity index (χ2v) is 4.55. The van der Waals surface area contributed by atoms with Crippen LogP contribution in [0.1, 0.15) is 13.3 Å². The summed E-state index contributed by atoms with van der Waals surface area (Å²) in [5.74, 6) is 0.995. The highest BCUT2D eigenvalue weighted by Gasteiger charge is 2.20. The minimum Gasteiger partial charge on any atom is -0.471 e. The maximum absolute atomic E-state index is 6.04. The number of anilines is 1. The smallest absolute Gasteiger partial charge is 0.235 e. The third-order valence-corrected chi connectivity index (χ3v) is 2.97. The molecule has 0 bridgehead atoms. The van der Waals surface area contributed by atoms with E-state index in [1.165, 1.54) is 0 Å². The van der Waals surface area contributed by atoms with Gasteiger partial charge in [-0.1, -0.05) is 23.2 Å². The summed E-state index contributed by atoms with van der Waals surface area (Å²) in [6.07, 6.45) is 0.882. The number of hydrogen-bond acceptors (Lipinski definition) is 4. The van der Waals surface area contributed by atoms with Gasteiger partial charge in [0.25, 0.3) is 0 Å². The lowest BCUT2D eigenvalue weighted by atomic mass is 10.3. The van der Waals surface area contributed by atoms with Gasteiger partial charge in [-0.3, -0.25) is 0 Å². The van der Waals surface area contributed by atoms with Crippen LogP contribution in [0.15, 0.2) is 6.07 Å². The molecule has 4 nitrogen and oxygen atoms in total. The predicted octanol–water partition coefficient (Wildman–Crippen LogP) is 2.99. The normalized spacial score (nSPS) is 19.4. The van der Waals surface area contributed by atoms with E-state index in [9.17, 15) is 0 Å². The molecule has 1 aromatic rings. The fourth-order valence-electron chi connectivity index (χ4n) is 1.59. The first-order chi connectivity index (χ1) is 8.20. The molecule has 1 N–H and O–H groups in total. The molecule has 1 aliphatic rings. The highest BCUT2D eigenvalue weighted by Crippen LogP contribution is 2.31. The lowest BCUT2D eigenvalue weighted by Crippen LogP contribution is -2.17. The standard InChI is InChI=1S/C11H14Cl2N2O2/c1-2-14-10-8(12)5-9(13)11(15-10)17-7-3-4-16-6-7/h5,7H,2-4,6H2,1H3,(H,14,15). The predicted molar refractivity (Wildman–Crippen MR) is 68.3 cm³/mol. The fraction of sp³-hybridized carbons (Fsp3) is 0.545. The summed E-state index contributed by atoms with van der Waals surface area (Å²) in [6, 6.07) is 1.64. The van der Waals surface area contributed by atoms with Crippen LogP contribution in [0, 0.1) is 0 Å². The van der Waals surface area contributed by atoms with Gasteiger partial charge < -0.3 is 14.8 Å². The molecular formula is C11H14Cl2N2O2. The Morgan fingerprint density at radius 3 is 3.00 bits per heavy atom. The topological polar surface area (TPSA) is 43.4 Å². The van der Waals surface area contributed by atoms with E-state index in [1.54, 1.807) is 6.07 Å². The van der Waals surface area contributed by atoms with Crippen LogP contribution in [-0.2, 0) is 4.74 Å². The maximum atomic E-state index is 6.04. The van der Waals surface area contributed by atoms with Crippen molar-refractivity contribution in [1.29, 1.82) is 0 Å². The summed E-state index contributed by atoms with van der Waals surface area (Å²) >= 11 is 12.0. The quantitative estimate of drug-likeness (QED) is 0.918. The van der Waals surface area contributed by atoms with E-state index in [0.29, 0.717) is 28.3 Å². The van der Waals surface area contributed by atoms with E-state index in [4.69, 9.17) is 32.7 Å². The third-order valence-electron chi connectivity index (χ3n) is 2.41. The second-order valence-electron chi connectivity index (χ2n) is 3.74. The average molecular weight is 277 g/mol. The number of rotatable bonds is 4. The van der Waals surface area contributed by atoms with Gasteiger partial charge in [-0.15, -0.1) is 0 Å². The summed E-state index contributed by atoms with van der Waals surface area (Å²) < 4.78 is 10.9. The molecule has 1 aliphatic heterocycles. The number of ether oxygens (including phenoxy) is 2. The maximum Gasteiger partial charge on any atom is 0.235 e. The van der Waals surface area contributed by atoms with Gasteiger partial charge >= 0.3 is 0 Å². The molecule has 1 fully saturated rings. The van der Waals surface area contributed by atoms with E-state index < -0.39 is 0 Å². The van der Waals surface area contributed by atoms with Crippen molar-refractivity contribution in [3.05, 3.63) is 16.1 Å². The van der Waals surface area contributed by atoms with Gasteiger partial charge in [0.2, 0.25) is 5.88 Å². The van der Waals surface area contributed by atoms with Crippen molar-refractivity contribution in [2.24, 2.45) is 0 Å². The minimum atomic E-state index is 0.0238. The molecule has 0 saturated carbocycles. The van der Waals surface area contributed by atoms with Gasteiger partial charge in [0.15, 0.2) is 0 Å². The number of nitrogens with zero attached hydrogens (tertiary/aromatic N) is 1. The van der Waals surface area contributed by atoms with Crippen LogP contribution in [0.25, 0.3) is 0 Å². The van der Waals surface area contributed by atoms with E-state index in [-0.39, 0.29) is 6.10 Å². The van der Waals surface area contributed by atoms with Crippen LogP contribution in [0.3, 0.4) is 0 Å². The number of hydrogen-bond donors (Lipinski definition) is 1. The Hall–Kier alpha value is -0.710. The van der Waals surface area contributed by atoms with Gasteiger partial charge in [0.05, 0.1) is 18.2 Å². The van der Waals surface area contributed by atoms with E-state index in [1.807, 2.05) is 6.92 Å². The minimum absolute atomic E-state index is 0.0238. The molecule has 0 radical (unpaired) electrons. The van der Waals surface area contributed by atoms with Crippen molar-refractivity contribution < 1.29 is 9.47 Å². The molecule has 1 atom stereocenters. The van der Waals surface area contributed by atoms with E-state index >= 15 is 0 Å². The van der Waals surface area contributed by atoms with Gasteiger partial charge in [-0.25, -0.2) is 0 Å². The molecule has 0 amide bonds. The van der Waals surface area contributed by atoms with Crippen LogP contribution in [0.2, 0.25) is 10.0 Å². The van der Waals surface area contributed by atoms with Gasteiger partial charge in [0, 0.05) is 13.0 Å². The Labute approximate surface area is 110 Å². The van der Waals surface area contributed by atoms with Gasteiger partial charge in [-0.05, 0) is 13.0 Å². The molecular weight excluding hydrogens is 263 g/mol. The second kappa shape index (κ2) is 5.76. The van der Waals surface area contributed by atoms with Crippen LogP contribution in [0.5, 0.6) is 5.88 Å². The van der Waals surface area contributed by atoms with Crippen LogP contribution < -0.4 is 10.1 Å². The SMILES string of the molecule is CCNc1nc(OC2CCOC2)c(Cl)cc1Cl.